The number of nitrogens with zero attached hydrogens (tertiary/aromatic N) is 2. The van der Waals surface area contributed by atoms with Crippen LogP contribution in [-0.2, 0) is 6.54 Å². The lowest BCUT2D eigenvalue weighted by Crippen LogP contribution is -2.22. The van der Waals surface area contributed by atoms with Gasteiger partial charge in [-0.1, -0.05) is 23.7 Å². The number of nitrogens with one attached hydrogen (secondary N) is 1. The van der Waals surface area contributed by atoms with E-state index in [1.54, 1.807) is 29.1 Å². The summed E-state index contributed by atoms with van der Waals surface area (Å²) in [5.74, 6) is -0.127. The molecule has 0 fully saturated rings. The first-order chi connectivity index (χ1) is 11.1. The molecule has 0 aliphatic rings. The number of hydrogen-bond donors (Lipinski definition) is 1. The van der Waals surface area contributed by atoms with E-state index in [0.29, 0.717) is 17.1 Å². The lowest BCUT2D eigenvalue weighted by molar-refractivity contribution is 0.0951. The third-order valence-electron chi connectivity index (χ3n) is 3.29. The van der Waals surface area contributed by atoms with E-state index < -0.39 is 0 Å². The fourth-order valence-electron chi connectivity index (χ4n) is 2.14. The molecule has 0 aliphatic carbocycles. The average Bonchev–Trinajstić information content (AvgIpc) is 2.99. The molecule has 1 N–H and O–H groups in total. The van der Waals surface area contributed by atoms with Gasteiger partial charge < -0.3 is 5.32 Å². The van der Waals surface area contributed by atoms with Gasteiger partial charge in [0.1, 0.15) is 0 Å². The van der Waals surface area contributed by atoms with Gasteiger partial charge in [-0.15, -0.1) is 0 Å². The second-order valence-corrected chi connectivity index (χ2v) is 6.31. The van der Waals surface area contributed by atoms with Crippen molar-refractivity contribution < 1.29 is 4.79 Å². The van der Waals surface area contributed by atoms with Gasteiger partial charge in [0.15, 0.2) is 0 Å². The summed E-state index contributed by atoms with van der Waals surface area (Å²) in [6.45, 7) is 0.438. The van der Waals surface area contributed by atoms with Crippen molar-refractivity contribution in [2.75, 3.05) is 0 Å². The van der Waals surface area contributed by atoms with Gasteiger partial charge in [0.05, 0.1) is 16.4 Å². The maximum Gasteiger partial charge on any atom is 0.251 e. The standard InChI is InChI=1S/C17H13BrClN3O/c18-14-10-21-22(11-14)16-6-4-13(5-7-16)17(23)20-9-12-2-1-3-15(19)8-12/h1-8,10-11H,9H2,(H,20,23). The summed E-state index contributed by atoms with van der Waals surface area (Å²) in [5, 5.41) is 7.74. The molecule has 23 heavy (non-hydrogen) atoms. The van der Waals surface area contributed by atoms with Gasteiger partial charge in [-0.3, -0.25) is 4.79 Å². The van der Waals surface area contributed by atoms with Crippen molar-refractivity contribution in [1.29, 1.82) is 0 Å². The Morgan fingerprint density at radius 1 is 1.22 bits per heavy atom. The quantitative estimate of drug-likeness (QED) is 0.725. The zero-order valence-corrected chi connectivity index (χ0v) is 14.4. The molecule has 4 nitrogen and oxygen atoms in total. The van der Waals surface area contributed by atoms with E-state index in [9.17, 15) is 4.79 Å². The molecule has 0 atom stereocenters. The summed E-state index contributed by atoms with van der Waals surface area (Å²) in [5.41, 5.74) is 2.45. The average molecular weight is 391 g/mol. The number of carbonyl (C=O) groups excluding carboxylic acids is 1. The number of benzene rings is 2. The highest BCUT2D eigenvalue weighted by molar-refractivity contribution is 9.10. The monoisotopic (exact) mass is 389 g/mol. The van der Waals surface area contributed by atoms with Crippen molar-refractivity contribution in [3.05, 3.63) is 81.5 Å². The topological polar surface area (TPSA) is 46.9 Å². The van der Waals surface area contributed by atoms with Crippen LogP contribution in [0.1, 0.15) is 15.9 Å². The Labute approximate surface area is 147 Å². The van der Waals surface area contributed by atoms with Crippen LogP contribution in [-0.4, -0.2) is 15.7 Å². The second kappa shape index (κ2) is 6.98. The molecule has 0 spiro atoms. The molecule has 3 rings (SSSR count). The first-order valence-electron chi connectivity index (χ1n) is 6.95. The van der Waals surface area contributed by atoms with E-state index in [0.717, 1.165) is 15.7 Å². The summed E-state index contributed by atoms with van der Waals surface area (Å²) < 4.78 is 2.64. The molecule has 0 saturated heterocycles. The molecule has 1 heterocycles. The van der Waals surface area contributed by atoms with Gasteiger partial charge in [0, 0.05) is 23.3 Å². The molecule has 3 aromatic rings. The number of aromatic nitrogens is 2. The lowest BCUT2D eigenvalue weighted by atomic mass is 10.2. The Kier molecular flexibility index (Phi) is 4.79. The minimum absolute atomic E-state index is 0.127. The van der Waals surface area contributed by atoms with E-state index in [2.05, 4.69) is 26.3 Å². The fourth-order valence-corrected chi connectivity index (χ4v) is 2.64. The van der Waals surface area contributed by atoms with Gasteiger partial charge in [0.25, 0.3) is 5.91 Å². The van der Waals surface area contributed by atoms with E-state index in [4.69, 9.17) is 11.6 Å². The van der Waals surface area contributed by atoms with Crippen LogP contribution in [0.15, 0.2) is 65.4 Å². The molecular weight excluding hydrogens is 378 g/mol. The number of carbonyl (C=O) groups is 1. The van der Waals surface area contributed by atoms with E-state index in [-0.39, 0.29) is 5.91 Å². The van der Waals surface area contributed by atoms with E-state index >= 15 is 0 Å². The molecule has 0 unspecified atom stereocenters. The van der Waals surface area contributed by atoms with Crippen LogP contribution in [0, 0.1) is 0 Å². The predicted octanol–water partition coefficient (Wildman–Crippen LogP) is 4.22. The van der Waals surface area contributed by atoms with Crippen molar-refractivity contribution in [3.63, 3.8) is 0 Å². The highest BCUT2D eigenvalue weighted by Gasteiger charge is 2.06. The minimum Gasteiger partial charge on any atom is -0.348 e. The van der Waals surface area contributed by atoms with Crippen LogP contribution in [0.4, 0.5) is 0 Å². The summed E-state index contributed by atoms with van der Waals surface area (Å²) in [6.07, 6.45) is 3.57. The summed E-state index contributed by atoms with van der Waals surface area (Å²) in [7, 11) is 0. The number of halogens is 2. The molecular formula is C17H13BrClN3O. The zero-order valence-electron chi connectivity index (χ0n) is 12.0. The van der Waals surface area contributed by atoms with Gasteiger partial charge in [-0.25, -0.2) is 4.68 Å². The lowest BCUT2D eigenvalue weighted by Gasteiger charge is -2.07. The van der Waals surface area contributed by atoms with Crippen molar-refractivity contribution in [3.8, 4) is 5.69 Å². The highest BCUT2D eigenvalue weighted by Crippen LogP contribution is 2.14. The summed E-state index contributed by atoms with van der Waals surface area (Å²) >= 11 is 9.29. The molecule has 116 valence electrons. The maximum absolute atomic E-state index is 12.2. The number of amides is 1. The molecule has 2 aromatic carbocycles. The Morgan fingerprint density at radius 2 is 2.00 bits per heavy atom. The summed E-state index contributed by atoms with van der Waals surface area (Å²) in [4.78, 5) is 12.2. The first kappa shape index (κ1) is 15.8. The maximum atomic E-state index is 12.2. The minimum atomic E-state index is -0.127. The summed E-state index contributed by atoms with van der Waals surface area (Å²) in [6, 6.07) is 14.7. The number of rotatable bonds is 4. The van der Waals surface area contributed by atoms with Crippen LogP contribution in [0.25, 0.3) is 5.69 Å². The van der Waals surface area contributed by atoms with Crippen LogP contribution in [0.3, 0.4) is 0 Å². The zero-order chi connectivity index (χ0) is 16.2. The van der Waals surface area contributed by atoms with Crippen LogP contribution < -0.4 is 5.32 Å². The third-order valence-corrected chi connectivity index (χ3v) is 3.93. The molecule has 0 saturated carbocycles. The van der Waals surface area contributed by atoms with Crippen molar-refractivity contribution in [2.45, 2.75) is 6.54 Å². The SMILES string of the molecule is O=C(NCc1cccc(Cl)c1)c1ccc(-n2cc(Br)cn2)cc1. The van der Waals surface area contributed by atoms with Crippen LogP contribution >= 0.6 is 27.5 Å². The molecule has 0 aliphatic heterocycles. The Morgan fingerprint density at radius 3 is 2.65 bits per heavy atom. The van der Waals surface area contributed by atoms with Crippen LogP contribution in [0.5, 0.6) is 0 Å². The number of hydrogen-bond acceptors (Lipinski definition) is 2. The van der Waals surface area contributed by atoms with Gasteiger partial charge in [-0.2, -0.15) is 5.10 Å². The molecule has 0 radical (unpaired) electrons. The van der Waals surface area contributed by atoms with E-state index in [1.807, 2.05) is 36.5 Å². The van der Waals surface area contributed by atoms with Crippen molar-refractivity contribution in [2.24, 2.45) is 0 Å². The molecule has 1 amide bonds. The predicted molar refractivity (Wildman–Crippen MR) is 93.9 cm³/mol. The van der Waals surface area contributed by atoms with Crippen LogP contribution in [0.2, 0.25) is 5.02 Å². The fraction of sp³-hybridized carbons (Fsp3) is 0.0588. The molecule has 6 heteroatoms. The first-order valence-corrected chi connectivity index (χ1v) is 8.12. The van der Waals surface area contributed by atoms with Gasteiger partial charge in [0.2, 0.25) is 0 Å². The van der Waals surface area contributed by atoms with Gasteiger partial charge >= 0.3 is 0 Å². The third kappa shape index (κ3) is 4.00. The van der Waals surface area contributed by atoms with Crippen molar-refractivity contribution in [1.82, 2.24) is 15.1 Å². The molecule has 1 aromatic heterocycles. The van der Waals surface area contributed by atoms with Crippen molar-refractivity contribution >= 4 is 33.4 Å². The largest absolute Gasteiger partial charge is 0.348 e. The van der Waals surface area contributed by atoms with E-state index in [1.165, 1.54) is 0 Å². The molecule has 0 bridgehead atoms. The smallest absolute Gasteiger partial charge is 0.251 e. The normalized spacial score (nSPS) is 10.5. The highest BCUT2D eigenvalue weighted by atomic mass is 79.9. The van der Waals surface area contributed by atoms with Gasteiger partial charge in [-0.05, 0) is 57.9 Å². The second-order valence-electron chi connectivity index (χ2n) is 4.96. The Balaban J connectivity index is 1.66. The Bertz CT molecular complexity index is 830. The Hall–Kier alpha value is -2.11.